The first-order valence-electron chi connectivity index (χ1n) is 13.3. The molecule has 1 N–H and O–H groups in total. The third-order valence-corrected chi connectivity index (χ3v) is 10.6. The van der Waals surface area contributed by atoms with Gasteiger partial charge in [-0.2, -0.15) is 9.19 Å². The summed E-state index contributed by atoms with van der Waals surface area (Å²) in [6, 6.07) is 8.44. The zero-order valence-electron chi connectivity index (χ0n) is 22.9. The van der Waals surface area contributed by atoms with Crippen molar-refractivity contribution in [1.29, 1.82) is 0 Å². The first-order chi connectivity index (χ1) is 19.1. The summed E-state index contributed by atoms with van der Waals surface area (Å²) in [5.74, 6) is 1.88. The first kappa shape index (κ1) is 26.8. The summed E-state index contributed by atoms with van der Waals surface area (Å²) < 4.78 is 38.1. The quantitative estimate of drug-likeness (QED) is 0.227. The highest BCUT2D eigenvalue weighted by Gasteiger charge is 2.40. The number of aromatic nitrogens is 5. The van der Waals surface area contributed by atoms with E-state index in [2.05, 4.69) is 51.3 Å². The number of fused-ring (bicyclic) bond motifs is 1. The summed E-state index contributed by atoms with van der Waals surface area (Å²) in [4.78, 5) is 15.9. The van der Waals surface area contributed by atoms with Gasteiger partial charge in [-0.1, -0.05) is 19.9 Å². The van der Waals surface area contributed by atoms with Gasteiger partial charge in [0.15, 0.2) is 17.7 Å². The third-order valence-electron chi connectivity index (χ3n) is 7.78. The molecule has 11 nitrogen and oxygen atoms in total. The van der Waals surface area contributed by atoms with E-state index in [0.29, 0.717) is 51.7 Å². The maximum Gasteiger partial charge on any atom is 0.256 e. The number of hydrogen-bond acceptors (Lipinski definition) is 9. The minimum atomic E-state index is -3.46. The van der Waals surface area contributed by atoms with E-state index >= 15 is 0 Å². The van der Waals surface area contributed by atoms with Gasteiger partial charge < -0.3 is 10.2 Å². The highest BCUT2D eigenvalue weighted by Crippen LogP contribution is 2.37. The molecule has 1 saturated heterocycles. The second-order valence-corrected chi connectivity index (χ2v) is 14.6. The Hall–Kier alpha value is -3.42. The Morgan fingerprint density at radius 1 is 1.05 bits per heavy atom. The SMILES string of the molecule is CC(C)c1ccc(N2CC([N+](C)(C)[SH]=O)C2)c2cnc(Nc3ccnc(-c4cnn(S(=O)(=O)C5CC5)c4)n3)cc12. The fraction of sp³-hybridized carbons (Fsp3) is 0.407. The number of anilines is 3. The summed E-state index contributed by atoms with van der Waals surface area (Å²) in [5.41, 5.74) is 2.88. The monoisotopic (exact) mass is 581 g/mol. The summed E-state index contributed by atoms with van der Waals surface area (Å²) in [6.07, 6.45) is 7.80. The lowest BCUT2D eigenvalue weighted by Crippen LogP contribution is -2.64. The molecule has 1 saturated carbocycles. The molecular weight excluding hydrogens is 548 g/mol. The van der Waals surface area contributed by atoms with E-state index < -0.39 is 10.0 Å². The van der Waals surface area contributed by atoms with Crippen LogP contribution < -0.4 is 10.2 Å². The Bertz CT molecular complexity index is 1710. The molecule has 0 unspecified atom stereocenters. The number of nitrogens with zero attached hydrogens (tertiary/aromatic N) is 7. The molecule has 2 aliphatic rings. The van der Waals surface area contributed by atoms with Crippen LogP contribution in [0.4, 0.5) is 17.3 Å². The third kappa shape index (κ3) is 4.86. The molecule has 1 aromatic carbocycles. The van der Waals surface area contributed by atoms with Crippen molar-refractivity contribution in [3.8, 4) is 11.4 Å². The molecule has 13 heteroatoms. The summed E-state index contributed by atoms with van der Waals surface area (Å²) in [5, 5.41) is 9.18. The molecule has 4 heterocycles. The lowest BCUT2D eigenvalue weighted by molar-refractivity contribution is -0.784. The highest BCUT2D eigenvalue weighted by atomic mass is 32.2. The van der Waals surface area contributed by atoms with Crippen molar-refractivity contribution in [3.05, 3.63) is 54.6 Å². The number of pyridine rings is 1. The molecule has 1 aliphatic carbocycles. The smallest absolute Gasteiger partial charge is 0.256 e. The lowest BCUT2D eigenvalue weighted by Gasteiger charge is -2.46. The van der Waals surface area contributed by atoms with Gasteiger partial charge in [-0.05, 0) is 47.9 Å². The van der Waals surface area contributed by atoms with Crippen molar-refractivity contribution < 1.29 is 16.5 Å². The molecule has 1 aliphatic heterocycles. The fourth-order valence-corrected chi connectivity index (χ4v) is 6.74. The van der Waals surface area contributed by atoms with E-state index in [0.717, 1.165) is 33.6 Å². The molecule has 4 aromatic rings. The molecule has 2 fully saturated rings. The van der Waals surface area contributed by atoms with Crippen LogP contribution in [0.15, 0.2) is 49.1 Å². The fourth-order valence-electron chi connectivity index (χ4n) is 4.99. The van der Waals surface area contributed by atoms with Crippen molar-refractivity contribution in [1.82, 2.24) is 24.1 Å². The van der Waals surface area contributed by atoms with Crippen LogP contribution in [0.1, 0.15) is 38.2 Å². The topological polar surface area (TPSA) is 123 Å². The number of quaternary nitrogens is 1. The van der Waals surface area contributed by atoms with Gasteiger partial charge in [0.1, 0.15) is 17.7 Å². The lowest BCUT2D eigenvalue weighted by atomic mass is 9.94. The van der Waals surface area contributed by atoms with Gasteiger partial charge in [-0.25, -0.2) is 31.5 Å². The normalized spacial score (nSPS) is 16.5. The van der Waals surface area contributed by atoms with Gasteiger partial charge in [0, 0.05) is 23.5 Å². The standard InChI is InChI=1S/C27H33N8O3S2/c1-17(2)21-7-8-24(33-15-19(16-33)35(3,4)39-36)23-13-29-26(11-22(21)23)31-25-9-10-28-27(32-25)18-12-30-34(14-18)40(37,38)20-5-6-20/h7-14,17,19-20,39H,5-6,15-16H2,1-4H3,(H,28,29,31,32)/q+1. The van der Waals surface area contributed by atoms with Crippen molar-refractivity contribution in [2.24, 2.45) is 0 Å². The van der Waals surface area contributed by atoms with Gasteiger partial charge in [0.05, 0.1) is 50.4 Å². The van der Waals surface area contributed by atoms with Crippen molar-refractivity contribution in [2.45, 2.75) is 43.9 Å². The second kappa shape index (κ2) is 9.89. The average molecular weight is 582 g/mol. The minimum absolute atomic E-state index is 0.121. The van der Waals surface area contributed by atoms with E-state index in [9.17, 15) is 12.6 Å². The Kier molecular flexibility index (Phi) is 6.62. The molecule has 0 amide bonds. The van der Waals surface area contributed by atoms with Gasteiger partial charge >= 0.3 is 0 Å². The van der Waals surface area contributed by atoms with Crippen LogP contribution in [-0.2, 0) is 21.9 Å². The Labute approximate surface area is 237 Å². The van der Waals surface area contributed by atoms with E-state index in [1.54, 1.807) is 12.3 Å². The van der Waals surface area contributed by atoms with Gasteiger partial charge in [-0.3, -0.25) is 0 Å². The molecule has 6 rings (SSSR count). The average Bonchev–Trinajstić information content (AvgIpc) is 3.64. The number of likely N-dealkylation sites (N-methyl/N-ethyl adjacent to an activating group) is 1. The Balaban J connectivity index is 1.27. The zero-order chi connectivity index (χ0) is 28.2. The van der Waals surface area contributed by atoms with E-state index in [1.807, 2.05) is 26.4 Å². The van der Waals surface area contributed by atoms with Crippen LogP contribution in [-0.4, -0.2) is 79.1 Å². The van der Waals surface area contributed by atoms with Crippen molar-refractivity contribution in [3.63, 3.8) is 0 Å². The van der Waals surface area contributed by atoms with Crippen LogP contribution in [0.25, 0.3) is 22.2 Å². The molecule has 3 aromatic heterocycles. The highest BCUT2D eigenvalue weighted by molar-refractivity contribution is 7.90. The summed E-state index contributed by atoms with van der Waals surface area (Å²) >= 11 is 0.121. The van der Waals surface area contributed by atoms with Gasteiger partial charge in [0.25, 0.3) is 10.0 Å². The Morgan fingerprint density at radius 2 is 1.82 bits per heavy atom. The number of thiol groups is 1. The second-order valence-electron chi connectivity index (χ2n) is 11.3. The number of benzene rings is 1. The van der Waals surface area contributed by atoms with Crippen molar-refractivity contribution >= 4 is 50.0 Å². The van der Waals surface area contributed by atoms with Gasteiger partial charge in [0.2, 0.25) is 0 Å². The first-order valence-corrected chi connectivity index (χ1v) is 15.6. The van der Waals surface area contributed by atoms with E-state index in [4.69, 9.17) is 4.98 Å². The minimum Gasteiger partial charge on any atom is -0.359 e. The molecule has 0 spiro atoms. The maximum atomic E-state index is 12.5. The predicted octanol–water partition coefficient (Wildman–Crippen LogP) is 3.22. The van der Waals surface area contributed by atoms with Crippen LogP contribution in [0.2, 0.25) is 0 Å². The number of nitrogens with one attached hydrogen (secondary N) is 1. The molecule has 0 bridgehead atoms. The van der Waals surface area contributed by atoms with Crippen LogP contribution in [0, 0.1) is 0 Å². The summed E-state index contributed by atoms with van der Waals surface area (Å²) in [7, 11) is 0.508. The van der Waals surface area contributed by atoms with Crippen LogP contribution in [0.5, 0.6) is 0 Å². The number of rotatable bonds is 9. The molecular formula is C27H33N8O3S2+. The molecule has 0 radical (unpaired) electrons. The molecule has 210 valence electrons. The maximum absolute atomic E-state index is 12.5. The number of hydrogen-bond donors (Lipinski definition) is 2. The predicted molar refractivity (Wildman–Crippen MR) is 157 cm³/mol. The van der Waals surface area contributed by atoms with Crippen molar-refractivity contribution in [2.75, 3.05) is 37.4 Å². The molecule has 0 atom stereocenters. The zero-order valence-corrected chi connectivity index (χ0v) is 24.6. The van der Waals surface area contributed by atoms with Crippen LogP contribution in [0.3, 0.4) is 0 Å². The molecule has 40 heavy (non-hydrogen) atoms. The van der Waals surface area contributed by atoms with Crippen LogP contribution >= 0.6 is 0 Å². The van der Waals surface area contributed by atoms with E-state index in [1.165, 1.54) is 18.0 Å². The van der Waals surface area contributed by atoms with Gasteiger partial charge in [-0.15, -0.1) is 0 Å². The van der Waals surface area contributed by atoms with E-state index in [-0.39, 0.29) is 17.1 Å². The Morgan fingerprint density at radius 3 is 2.52 bits per heavy atom. The summed E-state index contributed by atoms with van der Waals surface area (Å²) in [6.45, 7) is 6.02. The largest absolute Gasteiger partial charge is 0.359 e.